The molecule has 5 nitrogen and oxygen atoms in total. The summed E-state index contributed by atoms with van der Waals surface area (Å²) in [5.74, 6) is 1.00. The van der Waals surface area contributed by atoms with Crippen molar-refractivity contribution in [3.05, 3.63) is 41.5 Å². The number of nitrogens with one attached hydrogen (secondary N) is 2. The SMILES string of the molecule is CC[NH+](CC)CCNc1cc(C)c(C#N)c2nc3ccccc3n12. The predicted octanol–water partition coefficient (Wildman–Crippen LogP) is 2.00. The van der Waals surface area contributed by atoms with Gasteiger partial charge in [-0.05, 0) is 44.5 Å². The lowest BCUT2D eigenvalue weighted by Gasteiger charge is -2.17. The highest BCUT2D eigenvalue weighted by molar-refractivity contribution is 5.85. The van der Waals surface area contributed by atoms with E-state index >= 15 is 0 Å². The number of nitrogens with zero attached hydrogens (tertiary/aromatic N) is 3. The number of rotatable bonds is 6. The van der Waals surface area contributed by atoms with Gasteiger partial charge in [-0.15, -0.1) is 0 Å². The lowest BCUT2D eigenvalue weighted by Crippen LogP contribution is -3.12. The summed E-state index contributed by atoms with van der Waals surface area (Å²) >= 11 is 0. The summed E-state index contributed by atoms with van der Waals surface area (Å²) in [6.07, 6.45) is 0. The molecular weight excluding hydrogens is 298 g/mol. The van der Waals surface area contributed by atoms with Crippen molar-refractivity contribution in [3.63, 3.8) is 0 Å². The zero-order chi connectivity index (χ0) is 17.1. The molecule has 0 bridgehead atoms. The van der Waals surface area contributed by atoms with Gasteiger partial charge in [0.15, 0.2) is 5.65 Å². The van der Waals surface area contributed by atoms with E-state index in [-0.39, 0.29) is 0 Å². The third kappa shape index (κ3) is 2.81. The molecule has 1 aromatic carbocycles. The Bertz CT molecular complexity index is 899. The third-order valence-electron chi connectivity index (χ3n) is 4.67. The molecule has 0 unspecified atom stereocenters. The van der Waals surface area contributed by atoms with Crippen LogP contribution in [0.3, 0.4) is 0 Å². The van der Waals surface area contributed by atoms with Crippen LogP contribution in [0.1, 0.15) is 25.0 Å². The number of imidazole rings is 1. The second-order valence-electron chi connectivity index (χ2n) is 6.09. The first-order valence-electron chi connectivity index (χ1n) is 8.57. The van der Waals surface area contributed by atoms with Crippen LogP contribution in [0.2, 0.25) is 0 Å². The molecule has 24 heavy (non-hydrogen) atoms. The zero-order valence-electron chi connectivity index (χ0n) is 14.6. The molecule has 3 aromatic rings. The third-order valence-corrected chi connectivity index (χ3v) is 4.67. The second kappa shape index (κ2) is 6.90. The van der Waals surface area contributed by atoms with Gasteiger partial charge >= 0.3 is 0 Å². The van der Waals surface area contributed by atoms with Gasteiger partial charge in [-0.1, -0.05) is 12.1 Å². The molecule has 0 aliphatic heterocycles. The Balaban J connectivity index is 2.05. The normalized spacial score (nSPS) is 11.3. The molecule has 0 radical (unpaired) electrons. The first-order valence-corrected chi connectivity index (χ1v) is 8.57. The van der Waals surface area contributed by atoms with Gasteiger partial charge in [-0.3, -0.25) is 4.40 Å². The monoisotopic (exact) mass is 322 g/mol. The Morgan fingerprint density at radius 2 is 2.00 bits per heavy atom. The quantitative estimate of drug-likeness (QED) is 0.730. The lowest BCUT2D eigenvalue weighted by atomic mass is 10.1. The minimum Gasteiger partial charge on any atom is -0.365 e. The first kappa shape index (κ1) is 16.3. The van der Waals surface area contributed by atoms with Gasteiger partial charge in [0.2, 0.25) is 0 Å². The Labute approximate surface area is 142 Å². The maximum atomic E-state index is 9.52. The highest BCUT2D eigenvalue weighted by Gasteiger charge is 2.15. The molecule has 0 saturated carbocycles. The highest BCUT2D eigenvalue weighted by atomic mass is 15.2. The fourth-order valence-corrected chi connectivity index (χ4v) is 3.19. The number of pyridine rings is 1. The van der Waals surface area contributed by atoms with Crippen LogP contribution in [-0.4, -0.2) is 35.6 Å². The van der Waals surface area contributed by atoms with Crippen molar-refractivity contribution in [1.29, 1.82) is 5.26 Å². The van der Waals surface area contributed by atoms with E-state index < -0.39 is 0 Å². The Kier molecular flexibility index (Phi) is 4.68. The van der Waals surface area contributed by atoms with Crippen molar-refractivity contribution in [2.24, 2.45) is 0 Å². The Hall–Kier alpha value is -2.58. The number of quaternary nitrogens is 1. The van der Waals surface area contributed by atoms with E-state index in [4.69, 9.17) is 0 Å². The summed E-state index contributed by atoms with van der Waals surface area (Å²) < 4.78 is 2.07. The molecule has 2 aromatic heterocycles. The summed E-state index contributed by atoms with van der Waals surface area (Å²) in [5.41, 5.74) is 4.28. The van der Waals surface area contributed by atoms with E-state index in [9.17, 15) is 5.26 Å². The van der Waals surface area contributed by atoms with Gasteiger partial charge in [0.1, 0.15) is 11.9 Å². The molecule has 0 aliphatic rings. The average Bonchev–Trinajstić information content (AvgIpc) is 2.98. The minimum atomic E-state index is 0.645. The molecular formula is C19H24N5+. The molecule has 0 aliphatic carbocycles. The van der Waals surface area contributed by atoms with Crippen LogP contribution in [0.25, 0.3) is 16.7 Å². The van der Waals surface area contributed by atoms with Gasteiger partial charge in [0.05, 0.1) is 42.8 Å². The fourth-order valence-electron chi connectivity index (χ4n) is 3.19. The number of aryl methyl sites for hydroxylation is 1. The van der Waals surface area contributed by atoms with Crippen molar-refractivity contribution in [1.82, 2.24) is 9.38 Å². The molecule has 0 amide bonds. The number of fused-ring (bicyclic) bond motifs is 3. The standard InChI is InChI=1S/C19H23N5/c1-4-23(5-2)11-10-21-18-12-14(3)15(13-20)19-22-16-8-6-7-9-17(16)24(18)19/h6-9,12,21H,4-5,10-11H2,1-3H3/p+1. The van der Waals surface area contributed by atoms with E-state index in [2.05, 4.69) is 40.7 Å². The molecule has 0 saturated heterocycles. The minimum absolute atomic E-state index is 0.645. The summed E-state index contributed by atoms with van der Waals surface area (Å²) in [4.78, 5) is 6.25. The van der Waals surface area contributed by atoms with Crippen molar-refractivity contribution in [2.45, 2.75) is 20.8 Å². The number of aromatic nitrogens is 2. The molecule has 0 atom stereocenters. The van der Waals surface area contributed by atoms with Gasteiger partial charge < -0.3 is 10.2 Å². The van der Waals surface area contributed by atoms with Crippen LogP contribution in [-0.2, 0) is 0 Å². The number of hydrogen-bond acceptors (Lipinski definition) is 3. The number of hydrogen-bond donors (Lipinski definition) is 2. The Morgan fingerprint density at radius 3 is 2.71 bits per heavy atom. The van der Waals surface area contributed by atoms with Crippen LogP contribution >= 0.6 is 0 Å². The molecule has 3 rings (SSSR count). The number of likely N-dealkylation sites (N-methyl/N-ethyl adjacent to an activating group) is 1. The van der Waals surface area contributed by atoms with Crippen molar-refractivity contribution < 1.29 is 4.90 Å². The van der Waals surface area contributed by atoms with Crippen LogP contribution < -0.4 is 10.2 Å². The lowest BCUT2D eigenvalue weighted by molar-refractivity contribution is -0.894. The number of nitriles is 1. The summed E-state index contributed by atoms with van der Waals surface area (Å²) in [6.45, 7) is 10.6. The molecule has 0 fully saturated rings. The van der Waals surface area contributed by atoms with Gasteiger partial charge in [0.25, 0.3) is 0 Å². The summed E-state index contributed by atoms with van der Waals surface area (Å²) in [7, 11) is 0. The molecule has 5 heteroatoms. The van der Waals surface area contributed by atoms with Crippen LogP contribution in [0.15, 0.2) is 30.3 Å². The van der Waals surface area contributed by atoms with E-state index in [0.29, 0.717) is 5.56 Å². The maximum absolute atomic E-state index is 9.52. The number of anilines is 1. The fraction of sp³-hybridized carbons (Fsp3) is 0.368. The van der Waals surface area contributed by atoms with E-state index in [0.717, 1.165) is 54.2 Å². The van der Waals surface area contributed by atoms with E-state index in [1.807, 2.05) is 31.2 Å². The largest absolute Gasteiger partial charge is 0.365 e. The second-order valence-corrected chi connectivity index (χ2v) is 6.09. The average molecular weight is 322 g/mol. The predicted molar refractivity (Wildman–Crippen MR) is 97.6 cm³/mol. The topological polar surface area (TPSA) is 57.6 Å². The highest BCUT2D eigenvalue weighted by Crippen LogP contribution is 2.26. The van der Waals surface area contributed by atoms with Crippen LogP contribution in [0, 0.1) is 18.3 Å². The number of benzene rings is 1. The van der Waals surface area contributed by atoms with Crippen molar-refractivity contribution in [2.75, 3.05) is 31.5 Å². The molecule has 2 N–H and O–H groups in total. The molecule has 2 heterocycles. The first-order chi connectivity index (χ1) is 11.7. The Morgan fingerprint density at radius 1 is 1.25 bits per heavy atom. The van der Waals surface area contributed by atoms with Crippen LogP contribution in [0.5, 0.6) is 0 Å². The summed E-state index contributed by atoms with van der Waals surface area (Å²) in [6, 6.07) is 12.4. The van der Waals surface area contributed by atoms with Gasteiger partial charge in [0, 0.05) is 0 Å². The molecule has 124 valence electrons. The van der Waals surface area contributed by atoms with Crippen molar-refractivity contribution >= 4 is 22.5 Å². The molecule has 0 spiro atoms. The summed E-state index contributed by atoms with van der Waals surface area (Å²) in [5, 5.41) is 13.1. The zero-order valence-corrected chi connectivity index (χ0v) is 14.6. The van der Waals surface area contributed by atoms with Crippen molar-refractivity contribution in [3.8, 4) is 6.07 Å². The van der Waals surface area contributed by atoms with Gasteiger partial charge in [-0.2, -0.15) is 5.26 Å². The van der Waals surface area contributed by atoms with E-state index in [1.54, 1.807) is 4.90 Å². The maximum Gasteiger partial charge on any atom is 0.157 e. The van der Waals surface area contributed by atoms with Gasteiger partial charge in [-0.25, -0.2) is 4.98 Å². The van der Waals surface area contributed by atoms with Crippen LogP contribution in [0.4, 0.5) is 5.82 Å². The smallest absolute Gasteiger partial charge is 0.157 e. The number of para-hydroxylation sites is 2. The van der Waals surface area contributed by atoms with E-state index in [1.165, 1.54) is 0 Å².